The summed E-state index contributed by atoms with van der Waals surface area (Å²) >= 11 is 5.84. The minimum Gasteiger partial charge on any atom is -0.508 e. The first-order valence-electron chi connectivity index (χ1n) is 6.70. The van der Waals surface area contributed by atoms with Crippen LogP contribution in [0.4, 0.5) is 5.69 Å². The minimum atomic E-state index is -0.687. The molecule has 1 aliphatic heterocycles. The van der Waals surface area contributed by atoms with E-state index in [4.69, 9.17) is 16.4 Å². The summed E-state index contributed by atoms with van der Waals surface area (Å²) in [7, 11) is 0. The Bertz CT molecular complexity index is 728. The first-order valence-corrected chi connectivity index (χ1v) is 7.08. The van der Waals surface area contributed by atoms with Crippen molar-refractivity contribution in [3.05, 3.63) is 59.1 Å². The number of rotatable bonds is 3. The zero-order valence-corrected chi connectivity index (χ0v) is 12.2. The van der Waals surface area contributed by atoms with Crippen LogP contribution in [0, 0.1) is 0 Å². The fourth-order valence-corrected chi connectivity index (χ4v) is 2.26. The van der Waals surface area contributed by atoms with Gasteiger partial charge in [-0.25, -0.2) is 0 Å². The molecule has 22 heavy (non-hydrogen) atoms. The molecule has 0 aliphatic carbocycles. The fourth-order valence-electron chi connectivity index (χ4n) is 2.14. The van der Waals surface area contributed by atoms with Gasteiger partial charge in [-0.05, 0) is 29.8 Å². The Labute approximate surface area is 132 Å². The third-order valence-electron chi connectivity index (χ3n) is 3.25. The fraction of sp³-hybridized carbons (Fsp3) is 0.125. The topological polar surface area (TPSA) is 70.9 Å². The van der Waals surface area contributed by atoms with Gasteiger partial charge in [0, 0.05) is 23.2 Å². The zero-order chi connectivity index (χ0) is 15.5. The number of carbonyl (C=O) groups excluding carboxylic acids is 1. The van der Waals surface area contributed by atoms with Gasteiger partial charge >= 0.3 is 0 Å². The normalized spacial score (nSPS) is 16.8. The summed E-state index contributed by atoms with van der Waals surface area (Å²) < 4.78 is 0. The van der Waals surface area contributed by atoms with Crippen molar-refractivity contribution in [3.8, 4) is 5.75 Å². The van der Waals surface area contributed by atoms with Crippen LogP contribution in [0.2, 0.25) is 5.02 Å². The molecule has 1 atom stereocenters. The summed E-state index contributed by atoms with van der Waals surface area (Å²) in [6.07, 6.45) is -0.306. The van der Waals surface area contributed by atoms with Crippen molar-refractivity contribution in [3.63, 3.8) is 0 Å². The molecule has 3 rings (SSSR count). The van der Waals surface area contributed by atoms with E-state index in [1.807, 2.05) is 12.1 Å². The number of phenolic OH excluding ortho intramolecular Hbond substituents is 1. The van der Waals surface area contributed by atoms with Crippen molar-refractivity contribution in [2.45, 2.75) is 12.5 Å². The molecule has 2 aromatic carbocycles. The minimum absolute atomic E-state index is 0.0863. The van der Waals surface area contributed by atoms with E-state index in [-0.39, 0.29) is 11.7 Å². The van der Waals surface area contributed by atoms with Crippen LogP contribution >= 0.6 is 11.6 Å². The molecule has 112 valence electrons. The highest BCUT2D eigenvalue weighted by atomic mass is 35.5. The quantitative estimate of drug-likeness (QED) is 0.913. The van der Waals surface area contributed by atoms with Gasteiger partial charge < -0.3 is 15.3 Å². The molecule has 0 saturated heterocycles. The number of carbonyl (C=O) groups is 1. The monoisotopic (exact) mass is 316 g/mol. The molecule has 2 N–H and O–H groups in total. The Morgan fingerprint density at radius 1 is 1.27 bits per heavy atom. The molecular weight excluding hydrogens is 304 g/mol. The van der Waals surface area contributed by atoms with Crippen LogP contribution in [-0.4, -0.2) is 22.8 Å². The van der Waals surface area contributed by atoms with Crippen molar-refractivity contribution in [2.24, 2.45) is 5.16 Å². The maximum Gasteiger partial charge on any atom is 0.268 e. The van der Waals surface area contributed by atoms with E-state index in [1.54, 1.807) is 24.3 Å². The first-order chi connectivity index (χ1) is 10.6. The zero-order valence-electron chi connectivity index (χ0n) is 11.5. The molecule has 1 aliphatic rings. The van der Waals surface area contributed by atoms with Crippen molar-refractivity contribution >= 4 is 28.9 Å². The summed E-state index contributed by atoms with van der Waals surface area (Å²) in [5, 5.41) is 16.7. The number of amides is 1. The average molecular weight is 317 g/mol. The largest absolute Gasteiger partial charge is 0.508 e. The number of phenols is 1. The maximum atomic E-state index is 12.1. The molecular formula is C16H13ClN2O3. The standard InChI is InChI=1S/C16H13ClN2O3/c17-11-6-4-10(5-7-11)14-9-15(22-19-14)16(21)18-12-2-1-3-13(20)8-12/h1-8,15,20H,9H2,(H,18,21)/t15-/m0/s1. The van der Waals surface area contributed by atoms with Crippen LogP contribution in [0.1, 0.15) is 12.0 Å². The Balaban J connectivity index is 1.64. The van der Waals surface area contributed by atoms with Gasteiger partial charge in [0.25, 0.3) is 5.91 Å². The summed E-state index contributed by atoms with van der Waals surface area (Å²) in [5.41, 5.74) is 2.08. The van der Waals surface area contributed by atoms with E-state index < -0.39 is 6.10 Å². The third-order valence-corrected chi connectivity index (χ3v) is 3.50. The highest BCUT2D eigenvalue weighted by Gasteiger charge is 2.28. The van der Waals surface area contributed by atoms with Crippen LogP contribution in [0.25, 0.3) is 0 Å². The number of hydrogen-bond acceptors (Lipinski definition) is 4. The van der Waals surface area contributed by atoms with Crippen molar-refractivity contribution in [1.29, 1.82) is 0 Å². The van der Waals surface area contributed by atoms with Gasteiger partial charge in [-0.3, -0.25) is 4.79 Å². The highest BCUT2D eigenvalue weighted by Crippen LogP contribution is 2.21. The Morgan fingerprint density at radius 3 is 2.77 bits per heavy atom. The number of aromatic hydroxyl groups is 1. The Kier molecular flexibility index (Phi) is 3.98. The molecule has 0 radical (unpaired) electrons. The predicted molar refractivity (Wildman–Crippen MR) is 84.2 cm³/mol. The first kappa shape index (κ1) is 14.4. The number of nitrogens with one attached hydrogen (secondary N) is 1. The van der Waals surface area contributed by atoms with Crippen LogP contribution < -0.4 is 5.32 Å². The Hall–Kier alpha value is -2.53. The summed E-state index contributed by atoms with van der Waals surface area (Å²) in [5.74, 6) is -0.221. The van der Waals surface area contributed by atoms with E-state index in [2.05, 4.69) is 10.5 Å². The molecule has 2 aromatic rings. The average Bonchev–Trinajstić information content (AvgIpc) is 2.98. The molecule has 5 nitrogen and oxygen atoms in total. The van der Waals surface area contributed by atoms with Crippen molar-refractivity contribution in [2.75, 3.05) is 5.32 Å². The van der Waals surface area contributed by atoms with E-state index in [0.717, 1.165) is 5.56 Å². The van der Waals surface area contributed by atoms with Crippen LogP contribution in [0.15, 0.2) is 53.7 Å². The molecule has 0 unspecified atom stereocenters. The maximum absolute atomic E-state index is 12.1. The molecule has 0 spiro atoms. The molecule has 0 aromatic heterocycles. The molecule has 0 saturated carbocycles. The van der Waals surface area contributed by atoms with Crippen LogP contribution in [0.5, 0.6) is 5.75 Å². The number of halogens is 1. The second-order valence-corrected chi connectivity index (χ2v) is 5.32. The van der Waals surface area contributed by atoms with Crippen molar-refractivity contribution in [1.82, 2.24) is 0 Å². The summed E-state index contributed by atoms with van der Waals surface area (Å²) in [4.78, 5) is 17.3. The molecule has 6 heteroatoms. The smallest absolute Gasteiger partial charge is 0.268 e. The van der Waals surface area contributed by atoms with Gasteiger partial charge in [-0.1, -0.05) is 35.0 Å². The van der Waals surface area contributed by atoms with E-state index in [0.29, 0.717) is 22.8 Å². The van der Waals surface area contributed by atoms with Gasteiger partial charge in [0.15, 0.2) is 0 Å². The predicted octanol–water partition coefficient (Wildman–Crippen LogP) is 3.18. The van der Waals surface area contributed by atoms with Crippen LogP contribution in [-0.2, 0) is 9.63 Å². The van der Waals surface area contributed by atoms with Crippen molar-refractivity contribution < 1.29 is 14.7 Å². The Morgan fingerprint density at radius 2 is 2.05 bits per heavy atom. The molecule has 1 heterocycles. The number of nitrogens with zero attached hydrogens (tertiary/aromatic N) is 1. The highest BCUT2D eigenvalue weighted by molar-refractivity contribution is 6.30. The van der Waals surface area contributed by atoms with E-state index in [9.17, 15) is 9.90 Å². The lowest BCUT2D eigenvalue weighted by atomic mass is 10.0. The second-order valence-electron chi connectivity index (χ2n) is 4.88. The number of anilines is 1. The molecule has 0 fully saturated rings. The van der Waals surface area contributed by atoms with Gasteiger partial charge in [-0.2, -0.15) is 0 Å². The number of benzene rings is 2. The molecule has 0 bridgehead atoms. The lowest BCUT2D eigenvalue weighted by molar-refractivity contribution is -0.125. The van der Waals surface area contributed by atoms with Gasteiger partial charge in [-0.15, -0.1) is 0 Å². The van der Waals surface area contributed by atoms with Gasteiger partial charge in [0.1, 0.15) is 5.75 Å². The second kappa shape index (κ2) is 6.07. The van der Waals surface area contributed by atoms with E-state index in [1.165, 1.54) is 12.1 Å². The van der Waals surface area contributed by atoms with Gasteiger partial charge in [0.2, 0.25) is 6.10 Å². The number of oxime groups is 1. The SMILES string of the molecule is O=C(Nc1cccc(O)c1)[C@@H]1CC(c2ccc(Cl)cc2)=NO1. The lowest BCUT2D eigenvalue weighted by Crippen LogP contribution is -2.28. The van der Waals surface area contributed by atoms with E-state index >= 15 is 0 Å². The van der Waals surface area contributed by atoms with Gasteiger partial charge in [0.05, 0.1) is 5.71 Å². The molecule has 1 amide bonds. The third kappa shape index (κ3) is 3.20. The van der Waals surface area contributed by atoms with Crippen LogP contribution in [0.3, 0.4) is 0 Å². The summed E-state index contributed by atoms with van der Waals surface area (Å²) in [6, 6.07) is 13.5. The lowest BCUT2D eigenvalue weighted by Gasteiger charge is -2.09. The number of hydrogen-bond donors (Lipinski definition) is 2. The summed E-state index contributed by atoms with van der Waals surface area (Å²) in [6.45, 7) is 0.